The van der Waals surface area contributed by atoms with Gasteiger partial charge < -0.3 is 5.32 Å². The zero-order valence-electron chi connectivity index (χ0n) is 10.7. The molecular weight excluding hydrogens is 272 g/mol. The second kappa shape index (κ2) is 5.75. The third-order valence-electron chi connectivity index (χ3n) is 2.95. The van der Waals surface area contributed by atoms with Gasteiger partial charge in [0.2, 0.25) is 0 Å². The van der Waals surface area contributed by atoms with Gasteiger partial charge in [-0.15, -0.1) is 0 Å². The largest absolute Gasteiger partial charge is 0.366 e. The van der Waals surface area contributed by atoms with Gasteiger partial charge in [-0.05, 0) is 29.3 Å². The molecule has 0 spiro atoms. The van der Waals surface area contributed by atoms with Crippen molar-refractivity contribution in [3.8, 4) is 11.3 Å². The van der Waals surface area contributed by atoms with E-state index < -0.39 is 0 Å². The molecule has 0 aliphatic carbocycles. The summed E-state index contributed by atoms with van der Waals surface area (Å²) in [5, 5.41) is 10.6. The van der Waals surface area contributed by atoms with Gasteiger partial charge in [-0.1, -0.05) is 41.9 Å². The number of nitrogens with one attached hydrogen (secondary N) is 2. The Kier molecular flexibility index (Phi) is 3.65. The molecule has 0 amide bonds. The van der Waals surface area contributed by atoms with Crippen LogP contribution in [-0.2, 0) is 6.54 Å². The van der Waals surface area contributed by atoms with Gasteiger partial charge in [0.05, 0.1) is 5.69 Å². The van der Waals surface area contributed by atoms with E-state index in [1.165, 1.54) is 5.56 Å². The van der Waals surface area contributed by atoms with Crippen LogP contribution in [0.5, 0.6) is 0 Å². The van der Waals surface area contributed by atoms with Gasteiger partial charge in [0.25, 0.3) is 0 Å². The highest BCUT2D eigenvalue weighted by Gasteiger charge is 2.00. The third-order valence-corrected chi connectivity index (χ3v) is 3.16. The lowest BCUT2D eigenvalue weighted by atomic mass is 10.1. The van der Waals surface area contributed by atoms with E-state index in [1.54, 1.807) is 12.3 Å². The standard InChI is InChI=1S/C15H13ClN4/c16-14-2-1-3-15(19-14)17-10-11-4-6-12(7-5-11)13-8-9-18-20-13/h1-9H,10H2,(H,17,19)(H,18,20). The molecule has 4 nitrogen and oxygen atoms in total. The van der Waals surface area contributed by atoms with Crippen molar-refractivity contribution >= 4 is 17.4 Å². The molecular formula is C15H13ClN4. The number of hydrogen-bond acceptors (Lipinski definition) is 3. The summed E-state index contributed by atoms with van der Waals surface area (Å²) in [6, 6.07) is 15.8. The number of hydrogen-bond donors (Lipinski definition) is 2. The summed E-state index contributed by atoms with van der Waals surface area (Å²) in [5.41, 5.74) is 3.31. The van der Waals surface area contributed by atoms with Crippen LogP contribution in [0.1, 0.15) is 5.56 Å². The van der Waals surface area contributed by atoms with Crippen molar-refractivity contribution in [3.63, 3.8) is 0 Å². The predicted molar refractivity (Wildman–Crippen MR) is 80.6 cm³/mol. The summed E-state index contributed by atoms with van der Waals surface area (Å²) in [7, 11) is 0. The molecule has 1 aromatic carbocycles. The van der Waals surface area contributed by atoms with Gasteiger partial charge in [0, 0.05) is 12.7 Å². The summed E-state index contributed by atoms with van der Waals surface area (Å²) < 4.78 is 0. The minimum absolute atomic E-state index is 0.490. The summed E-state index contributed by atoms with van der Waals surface area (Å²) in [4.78, 5) is 4.19. The fraction of sp³-hybridized carbons (Fsp3) is 0.0667. The van der Waals surface area contributed by atoms with Crippen LogP contribution in [0.25, 0.3) is 11.3 Å². The number of rotatable bonds is 4. The molecule has 0 saturated heterocycles. The molecule has 0 saturated carbocycles. The quantitative estimate of drug-likeness (QED) is 0.718. The van der Waals surface area contributed by atoms with Crippen molar-refractivity contribution in [2.24, 2.45) is 0 Å². The molecule has 0 aliphatic rings. The fourth-order valence-corrected chi connectivity index (χ4v) is 2.08. The Labute approximate surface area is 121 Å². The summed E-state index contributed by atoms with van der Waals surface area (Å²) >= 11 is 5.84. The number of aromatic nitrogens is 3. The summed E-state index contributed by atoms with van der Waals surface area (Å²) in [6.07, 6.45) is 1.75. The van der Waals surface area contributed by atoms with Gasteiger partial charge in [-0.25, -0.2) is 4.98 Å². The zero-order chi connectivity index (χ0) is 13.8. The predicted octanol–water partition coefficient (Wildman–Crippen LogP) is 3.74. The minimum atomic E-state index is 0.490. The first kappa shape index (κ1) is 12.7. The van der Waals surface area contributed by atoms with Crippen molar-refractivity contribution in [2.45, 2.75) is 6.54 Å². The maximum atomic E-state index is 5.84. The SMILES string of the molecule is Clc1cccc(NCc2ccc(-c3ccn[nH]3)cc2)n1. The molecule has 20 heavy (non-hydrogen) atoms. The van der Waals surface area contributed by atoms with Gasteiger partial charge in [-0.2, -0.15) is 5.10 Å². The average Bonchev–Trinajstić information content (AvgIpc) is 3.00. The first-order valence-corrected chi connectivity index (χ1v) is 6.64. The Balaban J connectivity index is 1.67. The van der Waals surface area contributed by atoms with E-state index in [4.69, 9.17) is 11.6 Å². The monoisotopic (exact) mass is 284 g/mol. The first-order valence-electron chi connectivity index (χ1n) is 6.26. The lowest BCUT2D eigenvalue weighted by Gasteiger charge is -2.06. The fourth-order valence-electron chi connectivity index (χ4n) is 1.92. The third kappa shape index (κ3) is 2.97. The second-order valence-corrected chi connectivity index (χ2v) is 4.75. The number of aromatic amines is 1. The second-order valence-electron chi connectivity index (χ2n) is 4.37. The number of anilines is 1. The molecule has 100 valence electrons. The Morgan fingerprint density at radius 2 is 1.90 bits per heavy atom. The van der Waals surface area contributed by atoms with E-state index in [0.717, 1.165) is 17.1 Å². The smallest absolute Gasteiger partial charge is 0.131 e. The van der Waals surface area contributed by atoms with E-state index >= 15 is 0 Å². The van der Waals surface area contributed by atoms with Crippen LogP contribution in [0.2, 0.25) is 5.15 Å². The van der Waals surface area contributed by atoms with Crippen LogP contribution in [0.4, 0.5) is 5.82 Å². The number of pyridine rings is 1. The van der Waals surface area contributed by atoms with Crippen molar-refractivity contribution in [3.05, 3.63) is 65.4 Å². The van der Waals surface area contributed by atoms with Crippen molar-refractivity contribution in [1.29, 1.82) is 0 Å². The molecule has 3 aromatic rings. The van der Waals surface area contributed by atoms with E-state index in [2.05, 4.69) is 44.8 Å². The Bertz CT molecular complexity index is 677. The number of H-pyrrole nitrogens is 1. The highest BCUT2D eigenvalue weighted by Crippen LogP contribution is 2.17. The number of halogens is 1. The van der Waals surface area contributed by atoms with E-state index in [0.29, 0.717) is 11.7 Å². The normalized spacial score (nSPS) is 10.4. The highest BCUT2D eigenvalue weighted by atomic mass is 35.5. The van der Waals surface area contributed by atoms with Gasteiger partial charge in [0.1, 0.15) is 11.0 Å². The number of benzene rings is 1. The molecule has 3 rings (SSSR count). The molecule has 5 heteroatoms. The lowest BCUT2D eigenvalue weighted by Crippen LogP contribution is -2.01. The molecule has 0 unspecified atom stereocenters. The topological polar surface area (TPSA) is 53.6 Å². The first-order chi connectivity index (χ1) is 9.81. The zero-order valence-corrected chi connectivity index (χ0v) is 11.4. The Morgan fingerprint density at radius 3 is 2.60 bits per heavy atom. The van der Waals surface area contributed by atoms with Crippen LogP contribution in [0.3, 0.4) is 0 Å². The molecule has 0 aliphatic heterocycles. The highest BCUT2D eigenvalue weighted by molar-refractivity contribution is 6.29. The summed E-state index contributed by atoms with van der Waals surface area (Å²) in [5.74, 6) is 0.773. The minimum Gasteiger partial charge on any atom is -0.366 e. The van der Waals surface area contributed by atoms with Gasteiger partial charge in [-0.3, -0.25) is 5.10 Å². The van der Waals surface area contributed by atoms with Crippen molar-refractivity contribution in [1.82, 2.24) is 15.2 Å². The number of nitrogens with zero attached hydrogens (tertiary/aromatic N) is 2. The van der Waals surface area contributed by atoms with Crippen LogP contribution in [-0.4, -0.2) is 15.2 Å². The van der Waals surface area contributed by atoms with Crippen LogP contribution >= 0.6 is 11.6 Å². The van der Waals surface area contributed by atoms with E-state index in [9.17, 15) is 0 Å². The van der Waals surface area contributed by atoms with E-state index in [-0.39, 0.29) is 0 Å². The van der Waals surface area contributed by atoms with Gasteiger partial charge >= 0.3 is 0 Å². The van der Waals surface area contributed by atoms with Crippen molar-refractivity contribution < 1.29 is 0 Å². The summed E-state index contributed by atoms with van der Waals surface area (Å²) in [6.45, 7) is 0.705. The molecule has 0 bridgehead atoms. The van der Waals surface area contributed by atoms with Crippen LogP contribution in [0.15, 0.2) is 54.7 Å². The molecule has 2 N–H and O–H groups in total. The Hall–Kier alpha value is -2.33. The van der Waals surface area contributed by atoms with Crippen molar-refractivity contribution in [2.75, 3.05) is 5.32 Å². The lowest BCUT2D eigenvalue weighted by molar-refractivity contribution is 1.09. The molecule has 0 atom stereocenters. The Morgan fingerprint density at radius 1 is 1.05 bits per heavy atom. The van der Waals surface area contributed by atoms with Gasteiger partial charge in [0.15, 0.2) is 0 Å². The van der Waals surface area contributed by atoms with E-state index in [1.807, 2.05) is 18.2 Å². The average molecular weight is 285 g/mol. The maximum absolute atomic E-state index is 5.84. The van der Waals surface area contributed by atoms with Crippen LogP contribution < -0.4 is 5.32 Å². The molecule has 0 fully saturated rings. The molecule has 2 aromatic heterocycles. The molecule has 2 heterocycles. The molecule has 0 radical (unpaired) electrons. The van der Waals surface area contributed by atoms with Crippen LogP contribution in [0, 0.1) is 0 Å². The maximum Gasteiger partial charge on any atom is 0.131 e.